The Balaban J connectivity index is 1.36. The number of ether oxygens (including phenoxy) is 2. The summed E-state index contributed by atoms with van der Waals surface area (Å²) in [6, 6.07) is 10.6. The van der Waals surface area contributed by atoms with Crippen molar-refractivity contribution in [1.82, 2.24) is 10.2 Å². The number of nitrogens with one attached hydrogen (secondary N) is 1. The number of carbonyl (C=O) groups excluding carboxylic acids is 1. The van der Waals surface area contributed by atoms with Gasteiger partial charge in [0.2, 0.25) is 0 Å². The monoisotopic (exact) mass is 438 g/mol. The number of hydrogen-bond donors (Lipinski definition) is 1. The summed E-state index contributed by atoms with van der Waals surface area (Å²) in [5.41, 5.74) is 3.46. The van der Waals surface area contributed by atoms with Crippen LogP contribution in [0.15, 0.2) is 36.4 Å². The summed E-state index contributed by atoms with van der Waals surface area (Å²) in [5.74, 6) is 0.980. The van der Waals surface area contributed by atoms with E-state index in [9.17, 15) is 9.18 Å². The van der Waals surface area contributed by atoms with Crippen LogP contribution in [-0.2, 0) is 4.74 Å². The van der Waals surface area contributed by atoms with E-state index in [0.29, 0.717) is 12.5 Å². The Morgan fingerprint density at radius 3 is 2.66 bits per heavy atom. The van der Waals surface area contributed by atoms with Gasteiger partial charge in [-0.05, 0) is 73.7 Å². The van der Waals surface area contributed by atoms with E-state index in [2.05, 4.69) is 24.1 Å². The number of aryl methyl sites for hydroxylation is 1. The maximum atomic E-state index is 13.5. The van der Waals surface area contributed by atoms with Crippen LogP contribution in [0.2, 0.25) is 0 Å². The van der Waals surface area contributed by atoms with Gasteiger partial charge in [0.15, 0.2) is 0 Å². The lowest BCUT2D eigenvalue weighted by atomic mass is 9.78. The molecule has 2 atom stereocenters. The minimum absolute atomic E-state index is 0.0243. The first-order chi connectivity index (χ1) is 15.3. The van der Waals surface area contributed by atoms with Gasteiger partial charge in [0.05, 0.1) is 12.6 Å². The maximum Gasteiger partial charge on any atom is 0.407 e. The zero-order chi connectivity index (χ0) is 22.5. The Kier molecular flexibility index (Phi) is 5.36. The zero-order valence-electron chi connectivity index (χ0n) is 19.0. The van der Waals surface area contributed by atoms with Crippen LogP contribution in [0.3, 0.4) is 0 Å². The fourth-order valence-electron chi connectivity index (χ4n) is 5.39. The molecule has 1 amide bonds. The van der Waals surface area contributed by atoms with Crippen molar-refractivity contribution in [2.75, 3.05) is 26.2 Å². The van der Waals surface area contributed by atoms with Gasteiger partial charge in [-0.1, -0.05) is 32.0 Å². The van der Waals surface area contributed by atoms with Crippen LogP contribution in [0.1, 0.15) is 43.9 Å². The fraction of sp³-hybridized carbons (Fsp3) is 0.500. The van der Waals surface area contributed by atoms with Gasteiger partial charge in [-0.2, -0.15) is 0 Å². The number of halogens is 1. The Morgan fingerprint density at radius 2 is 1.97 bits per heavy atom. The largest absolute Gasteiger partial charge is 0.493 e. The topological polar surface area (TPSA) is 50.8 Å². The summed E-state index contributed by atoms with van der Waals surface area (Å²) in [4.78, 5) is 15.3. The van der Waals surface area contributed by atoms with Crippen LogP contribution in [0.4, 0.5) is 9.18 Å². The second kappa shape index (κ2) is 8.07. The molecule has 0 saturated carbocycles. The third-order valence-corrected chi connectivity index (χ3v) is 7.32. The lowest BCUT2D eigenvalue weighted by Gasteiger charge is -2.44. The summed E-state index contributed by atoms with van der Waals surface area (Å²) in [5, 5.41) is 3.14. The first-order valence-electron chi connectivity index (χ1n) is 11.5. The molecule has 2 aromatic carbocycles. The SMILES string of the molecule is Cc1cc(F)ccc1-c1ccc2c(c1)OCC(C)(C)C2NC(=O)O[C@@H]1CN2CCC1CC2. The van der Waals surface area contributed by atoms with Crippen LogP contribution in [0.5, 0.6) is 5.75 Å². The summed E-state index contributed by atoms with van der Waals surface area (Å²) < 4.78 is 25.5. The van der Waals surface area contributed by atoms with E-state index in [4.69, 9.17) is 9.47 Å². The summed E-state index contributed by atoms with van der Waals surface area (Å²) in [6.45, 7) is 9.63. The van der Waals surface area contributed by atoms with Crippen molar-refractivity contribution >= 4 is 6.09 Å². The number of fused-ring (bicyclic) bond motifs is 4. The van der Waals surface area contributed by atoms with Gasteiger partial charge in [-0.15, -0.1) is 0 Å². The highest BCUT2D eigenvalue weighted by Crippen LogP contribution is 2.44. The quantitative estimate of drug-likeness (QED) is 0.726. The van der Waals surface area contributed by atoms with Crippen molar-refractivity contribution < 1.29 is 18.7 Å². The van der Waals surface area contributed by atoms with Crippen molar-refractivity contribution in [2.24, 2.45) is 11.3 Å². The fourth-order valence-corrected chi connectivity index (χ4v) is 5.39. The standard InChI is InChI=1S/C26H31FN2O3/c1-16-12-19(27)5-7-20(16)18-4-6-21-22(13-18)31-15-26(2,3)24(21)28-25(30)32-23-14-29-10-8-17(23)9-11-29/h4-7,12-13,17,23-24H,8-11,14-15H2,1-3H3,(H,28,30)/t23-,24?/m1/s1. The van der Waals surface area contributed by atoms with Gasteiger partial charge in [0, 0.05) is 17.5 Å². The summed E-state index contributed by atoms with van der Waals surface area (Å²) >= 11 is 0. The number of rotatable bonds is 3. The lowest BCUT2D eigenvalue weighted by Crippen LogP contribution is -2.53. The van der Waals surface area contributed by atoms with Gasteiger partial charge in [-0.3, -0.25) is 4.90 Å². The number of carbonyl (C=O) groups is 1. The molecule has 32 heavy (non-hydrogen) atoms. The molecule has 2 bridgehead atoms. The summed E-state index contributed by atoms with van der Waals surface area (Å²) in [7, 11) is 0. The minimum Gasteiger partial charge on any atom is -0.493 e. The normalized spacial score (nSPS) is 27.9. The van der Waals surface area contributed by atoms with Crippen molar-refractivity contribution in [1.29, 1.82) is 0 Å². The third-order valence-electron chi connectivity index (χ3n) is 7.32. The van der Waals surface area contributed by atoms with Crippen molar-refractivity contribution in [3.63, 3.8) is 0 Å². The highest BCUT2D eigenvalue weighted by molar-refractivity contribution is 5.71. The molecule has 3 saturated heterocycles. The Bertz CT molecular complexity index is 1030. The van der Waals surface area contributed by atoms with E-state index in [1.165, 1.54) is 12.1 Å². The molecule has 4 heterocycles. The highest BCUT2D eigenvalue weighted by Gasteiger charge is 2.41. The first-order valence-corrected chi connectivity index (χ1v) is 11.5. The van der Waals surface area contributed by atoms with Crippen LogP contribution in [-0.4, -0.2) is 43.3 Å². The second-order valence-electron chi connectivity index (χ2n) is 10.1. The number of amides is 1. The molecule has 6 heteroatoms. The average molecular weight is 439 g/mol. The predicted octanol–water partition coefficient (Wildman–Crippen LogP) is 5.08. The number of nitrogens with zero attached hydrogens (tertiary/aromatic N) is 1. The van der Waals surface area contributed by atoms with Crippen molar-refractivity contribution in [2.45, 2.75) is 45.8 Å². The van der Waals surface area contributed by atoms with Gasteiger partial charge in [-0.25, -0.2) is 9.18 Å². The molecule has 4 aliphatic heterocycles. The number of alkyl carbamates (subject to hydrolysis) is 1. The molecule has 0 radical (unpaired) electrons. The number of piperidine rings is 3. The smallest absolute Gasteiger partial charge is 0.407 e. The average Bonchev–Trinajstić information content (AvgIpc) is 2.76. The van der Waals surface area contributed by atoms with Gasteiger partial charge in [0.1, 0.15) is 17.7 Å². The minimum atomic E-state index is -0.354. The summed E-state index contributed by atoms with van der Waals surface area (Å²) in [6.07, 6.45) is 1.83. The lowest BCUT2D eigenvalue weighted by molar-refractivity contribution is -0.0361. The second-order valence-corrected chi connectivity index (χ2v) is 10.1. The van der Waals surface area contributed by atoms with E-state index in [1.54, 1.807) is 6.07 Å². The van der Waals surface area contributed by atoms with Gasteiger partial charge >= 0.3 is 6.09 Å². The van der Waals surface area contributed by atoms with Crippen molar-refractivity contribution in [3.05, 3.63) is 53.3 Å². The maximum absolute atomic E-state index is 13.5. The molecule has 0 aliphatic carbocycles. The van der Waals surface area contributed by atoms with Crippen LogP contribution >= 0.6 is 0 Å². The van der Waals surface area contributed by atoms with E-state index in [-0.39, 0.29) is 29.5 Å². The van der Waals surface area contributed by atoms with Crippen LogP contribution in [0.25, 0.3) is 11.1 Å². The van der Waals surface area contributed by atoms with Crippen molar-refractivity contribution in [3.8, 4) is 16.9 Å². The molecule has 6 rings (SSSR count). The molecular formula is C26H31FN2O3. The predicted molar refractivity (Wildman–Crippen MR) is 121 cm³/mol. The molecule has 3 fully saturated rings. The number of benzene rings is 2. The number of hydrogen-bond acceptors (Lipinski definition) is 4. The molecule has 4 aliphatic rings. The van der Waals surface area contributed by atoms with Gasteiger partial charge < -0.3 is 14.8 Å². The zero-order valence-corrected chi connectivity index (χ0v) is 19.0. The van der Waals surface area contributed by atoms with Gasteiger partial charge in [0.25, 0.3) is 0 Å². The highest BCUT2D eigenvalue weighted by atomic mass is 19.1. The molecule has 5 nitrogen and oxygen atoms in total. The van der Waals surface area contributed by atoms with Crippen LogP contribution in [0, 0.1) is 24.1 Å². The third kappa shape index (κ3) is 3.96. The van der Waals surface area contributed by atoms with E-state index >= 15 is 0 Å². The van der Waals surface area contributed by atoms with E-state index in [0.717, 1.165) is 60.5 Å². The molecule has 170 valence electrons. The van der Waals surface area contributed by atoms with Crippen LogP contribution < -0.4 is 10.1 Å². The molecule has 1 unspecified atom stereocenters. The first kappa shape index (κ1) is 21.3. The molecule has 0 aromatic heterocycles. The Hall–Kier alpha value is -2.60. The molecule has 2 aromatic rings. The molecule has 1 N–H and O–H groups in total. The Labute approximate surface area is 188 Å². The van der Waals surface area contributed by atoms with E-state index < -0.39 is 0 Å². The van der Waals surface area contributed by atoms with E-state index in [1.807, 2.05) is 25.1 Å². The Morgan fingerprint density at radius 1 is 1.19 bits per heavy atom. The molecular weight excluding hydrogens is 407 g/mol. The molecule has 0 spiro atoms.